The maximum absolute atomic E-state index is 12.7. The van der Waals surface area contributed by atoms with Gasteiger partial charge in [-0.3, -0.25) is 9.59 Å². The van der Waals surface area contributed by atoms with Crippen molar-refractivity contribution in [2.45, 2.75) is 17.7 Å². The summed E-state index contributed by atoms with van der Waals surface area (Å²) < 4.78 is 37.1. The third kappa shape index (κ3) is 5.91. The molecule has 0 unspecified atom stereocenters. The first-order chi connectivity index (χ1) is 15.7. The summed E-state index contributed by atoms with van der Waals surface area (Å²) in [5.41, 5.74) is 1.94. The molecule has 0 spiro atoms. The van der Waals surface area contributed by atoms with Crippen molar-refractivity contribution < 1.29 is 32.6 Å². The molecule has 2 aromatic carbocycles. The van der Waals surface area contributed by atoms with E-state index in [2.05, 4.69) is 4.90 Å². The largest absolute Gasteiger partial charge is 0.496 e. The molecule has 0 radical (unpaired) electrons. The SMILES string of the molecule is COc1cc(OC)c(N2CCCC2)cc1/C=C/C(=O)c1ccc(S(=O)(=O)NCC(=O)O)cc1. The average molecular weight is 475 g/mol. The highest BCUT2D eigenvalue weighted by Crippen LogP contribution is 2.37. The highest BCUT2D eigenvalue weighted by atomic mass is 32.2. The fraction of sp³-hybridized carbons (Fsp3) is 0.304. The molecular weight excluding hydrogens is 448 g/mol. The zero-order chi connectivity index (χ0) is 24.0. The van der Waals surface area contributed by atoms with E-state index in [1.54, 1.807) is 26.4 Å². The normalized spacial score (nSPS) is 13.9. The number of sulfonamides is 1. The van der Waals surface area contributed by atoms with Gasteiger partial charge < -0.3 is 19.5 Å². The topological polar surface area (TPSA) is 122 Å². The van der Waals surface area contributed by atoms with Crippen LogP contribution in [0.5, 0.6) is 11.5 Å². The molecule has 10 heteroatoms. The Hall–Kier alpha value is -3.37. The van der Waals surface area contributed by atoms with E-state index < -0.39 is 22.5 Å². The Morgan fingerprint density at radius 3 is 2.27 bits per heavy atom. The van der Waals surface area contributed by atoms with Crippen LogP contribution in [0.4, 0.5) is 5.69 Å². The summed E-state index contributed by atoms with van der Waals surface area (Å²) in [6.45, 7) is 1.14. The van der Waals surface area contributed by atoms with E-state index in [9.17, 15) is 18.0 Å². The van der Waals surface area contributed by atoms with Crippen molar-refractivity contribution in [1.29, 1.82) is 0 Å². The van der Waals surface area contributed by atoms with Gasteiger partial charge in [-0.15, -0.1) is 0 Å². The van der Waals surface area contributed by atoms with Crippen molar-refractivity contribution in [3.8, 4) is 11.5 Å². The molecular formula is C23H26N2O7S. The first-order valence-corrected chi connectivity index (χ1v) is 11.8. The van der Waals surface area contributed by atoms with Crippen molar-refractivity contribution in [3.63, 3.8) is 0 Å². The number of benzene rings is 2. The summed E-state index contributed by atoms with van der Waals surface area (Å²) in [6.07, 6.45) is 5.26. The third-order valence-electron chi connectivity index (χ3n) is 5.25. The molecule has 2 aromatic rings. The molecule has 0 aromatic heterocycles. The number of nitrogens with one attached hydrogen (secondary N) is 1. The van der Waals surface area contributed by atoms with Gasteiger partial charge in [0.2, 0.25) is 10.0 Å². The Bertz CT molecular complexity index is 1150. The Kier molecular flexibility index (Phi) is 7.72. The number of ketones is 1. The first kappa shape index (κ1) is 24.3. The minimum atomic E-state index is -3.97. The quantitative estimate of drug-likeness (QED) is 0.398. The molecule has 0 bridgehead atoms. The van der Waals surface area contributed by atoms with Crippen LogP contribution in [0.15, 0.2) is 47.4 Å². The van der Waals surface area contributed by atoms with Gasteiger partial charge in [-0.05, 0) is 55.3 Å². The number of allylic oxidation sites excluding steroid dienone is 1. The highest BCUT2D eigenvalue weighted by molar-refractivity contribution is 7.89. The fourth-order valence-corrected chi connectivity index (χ4v) is 4.52. The highest BCUT2D eigenvalue weighted by Gasteiger charge is 2.19. The number of carbonyl (C=O) groups excluding carboxylic acids is 1. The van der Waals surface area contributed by atoms with Crippen LogP contribution in [-0.4, -0.2) is 59.1 Å². The number of carboxylic acids is 1. The molecule has 1 heterocycles. The lowest BCUT2D eigenvalue weighted by molar-refractivity contribution is -0.135. The molecule has 0 amide bonds. The molecule has 1 saturated heterocycles. The predicted octanol–water partition coefficient (Wildman–Crippen LogP) is 2.56. The van der Waals surface area contributed by atoms with Gasteiger partial charge in [-0.25, -0.2) is 8.42 Å². The molecule has 3 rings (SSSR count). The van der Waals surface area contributed by atoms with Crippen molar-refractivity contribution in [1.82, 2.24) is 4.72 Å². The van der Waals surface area contributed by atoms with Gasteiger partial charge in [0.15, 0.2) is 5.78 Å². The van der Waals surface area contributed by atoms with Gasteiger partial charge >= 0.3 is 5.97 Å². The second-order valence-electron chi connectivity index (χ2n) is 7.40. The van der Waals surface area contributed by atoms with Gasteiger partial charge in [0, 0.05) is 30.3 Å². The second kappa shape index (κ2) is 10.5. The predicted molar refractivity (Wildman–Crippen MR) is 124 cm³/mol. The Morgan fingerprint density at radius 2 is 1.70 bits per heavy atom. The summed E-state index contributed by atoms with van der Waals surface area (Å²) in [5, 5.41) is 8.64. The molecule has 0 saturated carbocycles. The fourth-order valence-electron chi connectivity index (χ4n) is 3.54. The van der Waals surface area contributed by atoms with Gasteiger partial charge in [-0.1, -0.05) is 0 Å². The molecule has 2 N–H and O–H groups in total. The van der Waals surface area contributed by atoms with E-state index in [1.807, 2.05) is 10.8 Å². The van der Waals surface area contributed by atoms with Crippen molar-refractivity contribution in [2.75, 3.05) is 38.8 Å². The van der Waals surface area contributed by atoms with Crippen LogP contribution in [0.2, 0.25) is 0 Å². The summed E-state index contributed by atoms with van der Waals surface area (Å²) in [6, 6.07) is 8.99. The second-order valence-corrected chi connectivity index (χ2v) is 9.17. The van der Waals surface area contributed by atoms with Gasteiger partial charge in [0.05, 0.1) is 24.8 Å². The van der Waals surface area contributed by atoms with Crippen LogP contribution in [0.1, 0.15) is 28.8 Å². The minimum Gasteiger partial charge on any atom is -0.496 e. The van der Waals surface area contributed by atoms with Crippen LogP contribution >= 0.6 is 0 Å². The Labute approximate surface area is 192 Å². The van der Waals surface area contributed by atoms with Crippen molar-refractivity contribution in [2.24, 2.45) is 0 Å². The molecule has 33 heavy (non-hydrogen) atoms. The maximum Gasteiger partial charge on any atom is 0.318 e. The Balaban J connectivity index is 1.81. The van der Waals surface area contributed by atoms with E-state index in [0.29, 0.717) is 17.1 Å². The van der Waals surface area contributed by atoms with Gasteiger partial charge in [0.25, 0.3) is 0 Å². The molecule has 176 valence electrons. The minimum absolute atomic E-state index is 0.128. The summed E-state index contributed by atoms with van der Waals surface area (Å²) >= 11 is 0. The van der Waals surface area contributed by atoms with Gasteiger partial charge in [-0.2, -0.15) is 4.72 Å². The maximum atomic E-state index is 12.7. The zero-order valence-corrected chi connectivity index (χ0v) is 19.2. The van der Waals surface area contributed by atoms with Crippen LogP contribution < -0.4 is 19.1 Å². The van der Waals surface area contributed by atoms with Crippen molar-refractivity contribution in [3.05, 3.63) is 53.6 Å². The lowest BCUT2D eigenvalue weighted by Crippen LogP contribution is -2.29. The average Bonchev–Trinajstić information content (AvgIpc) is 3.35. The molecule has 0 aliphatic carbocycles. The smallest absolute Gasteiger partial charge is 0.318 e. The van der Waals surface area contributed by atoms with E-state index in [4.69, 9.17) is 14.6 Å². The van der Waals surface area contributed by atoms with Crippen LogP contribution in [0.25, 0.3) is 6.08 Å². The van der Waals surface area contributed by atoms with Gasteiger partial charge in [0.1, 0.15) is 18.0 Å². The number of nitrogens with zero attached hydrogens (tertiary/aromatic N) is 1. The zero-order valence-electron chi connectivity index (χ0n) is 18.4. The molecule has 0 atom stereocenters. The summed E-state index contributed by atoms with van der Waals surface area (Å²) in [4.78, 5) is 25.3. The van der Waals surface area contributed by atoms with Crippen LogP contribution in [0, 0.1) is 0 Å². The van der Waals surface area contributed by atoms with Crippen molar-refractivity contribution >= 4 is 33.5 Å². The number of carboxylic acid groups (broad SMARTS) is 1. The molecule has 1 aliphatic heterocycles. The monoisotopic (exact) mass is 474 g/mol. The van der Waals surface area contributed by atoms with Crippen LogP contribution in [0.3, 0.4) is 0 Å². The number of carbonyl (C=O) groups is 2. The first-order valence-electron chi connectivity index (χ1n) is 10.3. The number of ether oxygens (including phenoxy) is 2. The van der Waals surface area contributed by atoms with E-state index >= 15 is 0 Å². The lowest BCUT2D eigenvalue weighted by atomic mass is 10.1. The molecule has 1 fully saturated rings. The lowest BCUT2D eigenvalue weighted by Gasteiger charge is -2.22. The number of hydrogen-bond acceptors (Lipinski definition) is 7. The van der Waals surface area contributed by atoms with E-state index in [0.717, 1.165) is 31.6 Å². The van der Waals surface area contributed by atoms with Crippen LogP contribution in [-0.2, 0) is 14.8 Å². The standard InChI is InChI=1S/C23H26N2O7S/c1-31-21-14-22(32-2)19(25-11-3-4-12-25)13-17(21)7-10-20(26)16-5-8-18(9-6-16)33(29,30)24-15-23(27)28/h5-10,13-14,24H,3-4,11-12,15H2,1-2H3,(H,27,28)/b10-7+. The number of anilines is 1. The number of hydrogen-bond donors (Lipinski definition) is 2. The third-order valence-corrected chi connectivity index (χ3v) is 6.67. The summed E-state index contributed by atoms with van der Waals surface area (Å²) in [5.74, 6) is -0.356. The number of methoxy groups -OCH3 is 2. The number of rotatable bonds is 10. The Morgan fingerprint density at radius 1 is 1.06 bits per heavy atom. The van der Waals surface area contributed by atoms with E-state index in [1.165, 1.54) is 30.3 Å². The summed E-state index contributed by atoms with van der Waals surface area (Å²) in [7, 11) is -0.827. The molecule has 9 nitrogen and oxygen atoms in total. The number of aliphatic carboxylic acids is 1. The van der Waals surface area contributed by atoms with E-state index in [-0.39, 0.29) is 16.2 Å². The molecule has 1 aliphatic rings.